The van der Waals surface area contributed by atoms with E-state index >= 15 is 0 Å². The molecule has 194 valence electrons. The number of phosphoric acid groups is 1. The fourth-order valence-electron chi connectivity index (χ4n) is 3.96. The lowest BCUT2D eigenvalue weighted by atomic mass is 10.2. The van der Waals surface area contributed by atoms with E-state index in [0.717, 1.165) is 16.2 Å². The van der Waals surface area contributed by atoms with Gasteiger partial charge in [0, 0.05) is 52.9 Å². The second-order valence-corrected chi connectivity index (χ2v) is 13.0. The first-order chi connectivity index (χ1) is 18.1. The third kappa shape index (κ3) is 4.54. The molecule has 0 unspecified atom stereocenters. The topological polar surface area (TPSA) is 92.1 Å². The maximum atomic E-state index is 14.4. The smallest absolute Gasteiger partial charge is 0.385 e. The molecule has 0 aliphatic heterocycles. The van der Waals surface area contributed by atoms with Crippen LogP contribution in [0.2, 0.25) is 15.1 Å². The van der Waals surface area contributed by atoms with Gasteiger partial charge < -0.3 is 28.5 Å². The van der Waals surface area contributed by atoms with Crippen LogP contribution in [0.3, 0.4) is 0 Å². The zero-order chi connectivity index (χ0) is 26.8. The summed E-state index contributed by atoms with van der Waals surface area (Å²) < 4.78 is 33.5. The van der Waals surface area contributed by atoms with Gasteiger partial charge in [0.15, 0.2) is 17.2 Å². The van der Waals surface area contributed by atoms with Crippen molar-refractivity contribution in [1.29, 1.82) is 0 Å². The number of rotatable bonds is 6. The van der Waals surface area contributed by atoms with Gasteiger partial charge in [-0.05, 0) is 66.0 Å². The first-order valence-electron chi connectivity index (χ1n) is 10.7. The maximum Gasteiger partial charge on any atom is 0.647 e. The van der Waals surface area contributed by atoms with Crippen molar-refractivity contribution in [3.8, 4) is 17.2 Å². The molecule has 3 aromatic heterocycles. The highest BCUT2D eigenvalue weighted by atomic mass is 79.9. The van der Waals surface area contributed by atoms with Gasteiger partial charge >= 0.3 is 7.82 Å². The van der Waals surface area contributed by atoms with Gasteiger partial charge in [-0.2, -0.15) is 4.57 Å². The molecule has 3 N–H and O–H groups in total. The van der Waals surface area contributed by atoms with Crippen LogP contribution < -0.4 is 13.6 Å². The number of hydrogen-bond donors (Lipinski definition) is 3. The van der Waals surface area contributed by atoms with Crippen LogP contribution in [0.25, 0.3) is 32.7 Å². The summed E-state index contributed by atoms with van der Waals surface area (Å²) >= 11 is 30.0. The van der Waals surface area contributed by atoms with Crippen molar-refractivity contribution in [2.75, 3.05) is 0 Å². The van der Waals surface area contributed by atoms with Crippen LogP contribution >= 0.6 is 90.4 Å². The molecule has 0 saturated heterocycles. The van der Waals surface area contributed by atoms with Crippen molar-refractivity contribution in [2.45, 2.75) is 0 Å². The summed E-state index contributed by atoms with van der Waals surface area (Å²) in [4.78, 5) is 9.20. The molecule has 6 aromatic rings. The third-order valence-corrected chi connectivity index (χ3v) is 11.2. The van der Waals surface area contributed by atoms with Crippen LogP contribution in [0.1, 0.15) is 0 Å². The van der Waals surface area contributed by atoms with Crippen LogP contribution in [0, 0.1) is 0 Å². The standard InChI is InChI=1S/C24H12Br3Cl3N3O4P/c25-19-16(7-13-10(22(19)28)1-4-31-13)35-38(34,36-17-8-14-11(2-5-32-14)23(29)20(17)26)37-18-9-15-12(3-6-33-15)24(30)21(18)27/h1-9,31-33H. The van der Waals surface area contributed by atoms with Crippen molar-refractivity contribution in [3.63, 3.8) is 0 Å². The molecule has 0 aliphatic rings. The Morgan fingerprint density at radius 2 is 0.868 bits per heavy atom. The number of phosphoric ester groups is 1. The minimum atomic E-state index is -4.51. The highest BCUT2D eigenvalue weighted by molar-refractivity contribution is 9.11. The monoisotopic (exact) mass is 779 g/mol. The normalized spacial score (nSPS) is 12.1. The van der Waals surface area contributed by atoms with Gasteiger partial charge in [-0.15, -0.1) is 0 Å². The van der Waals surface area contributed by atoms with E-state index in [1.807, 2.05) is 18.2 Å². The van der Waals surface area contributed by atoms with Crippen LogP contribution in [0.4, 0.5) is 0 Å². The zero-order valence-electron chi connectivity index (χ0n) is 18.5. The quantitative estimate of drug-likeness (QED) is 0.147. The van der Waals surface area contributed by atoms with E-state index in [1.54, 1.807) is 36.8 Å². The Labute approximate surface area is 255 Å². The van der Waals surface area contributed by atoms with E-state index in [-0.39, 0.29) is 17.2 Å². The SMILES string of the molecule is O=P(Oc1cc2[nH]ccc2c(Cl)c1Br)(Oc1cc2[nH]ccc2c(Cl)c1Br)Oc1cc2[nH]ccc2c(Cl)c1Br. The summed E-state index contributed by atoms with van der Waals surface area (Å²) in [6.07, 6.45) is 5.19. The van der Waals surface area contributed by atoms with Gasteiger partial charge in [-0.25, -0.2) is 0 Å². The van der Waals surface area contributed by atoms with Gasteiger partial charge in [0.25, 0.3) is 0 Å². The highest BCUT2D eigenvalue weighted by Crippen LogP contribution is 2.56. The second-order valence-electron chi connectivity index (χ2n) is 8.05. The maximum absolute atomic E-state index is 14.4. The number of benzene rings is 3. The van der Waals surface area contributed by atoms with Gasteiger partial charge in [-0.3, -0.25) is 0 Å². The van der Waals surface area contributed by atoms with Gasteiger partial charge in [-0.1, -0.05) is 34.8 Å². The number of nitrogens with one attached hydrogen (secondary N) is 3. The molecule has 3 aromatic carbocycles. The minimum Gasteiger partial charge on any atom is -0.385 e. The minimum absolute atomic E-state index is 0.125. The summed E-state index contributed by atoms with van der Waals surface area (Å²) in [6.45, 7) is 0. The zero-order valence-corrected chi connectivity index (χ0v) is 26.5. The molecule has 7 nitrogen and oxygen atoms in total. The molecule has 0 spiro atoms. The van der Waals surface area contributed by atoms with E-state index in [9.17, 15) is 4.57 Å². The molecule has 6 rings (SSSR count). The Hall–Kier alpha value is -1.78. The number of aromatic amines is 3. The average molecular weight is 783 g/mol. The number of halogens is 6. The van der Waals surface area contributed by atoms with Crippen LogP contribution in [-0.4, -0.2) is 15.0 Å². The molecular weight excluding hydrogens is 771 g/mol. The fourth-order valence-corrected chi connectivity index (χ4v) is 7.60. The third-order valence-electron chi connectivity index (χ3n) is 5.73. The lowest BCUT2D eigenvalue weighted by molar-refractivity contribution is 0.297. The van der Waals surface area contributed by atoms with E-state index in [1.165, 1.54) is 0 Å². The molecule has 3 heterocycles. The Kier molecular flexibility index (Phi) is 6.96. The van der Waals surface area contributed by atoms with E-state index in [0.29, 0.717) is 45.0 Å². The Balaban J connectivity index is 1.49. The number of H-pyrrole nitrogens is 3. The fraction of sp³-hybridized carbons (Fsp3) is 0. The van der Waals surface area contributed by atoms with Crippen LogP contribution in [-0.2, 0) is 4.57 Å². The summed E-state index contributed by atoms with van der Waals surface area (Å²) in [7, 11) is -4.51. The van der Waals surface area contributed by atoms with E-state index < -0.39 is 7.82 Å². The Morgan fingerprint density at radius 3 is 1.16 bits per heavy atom. The summed E-state index contributed by atoms with van der Waals surface area (Å²) in [5.41, 5.74) is 1.98. The Bertz CT molecular complexity index is 1720. The summed E-state index contributed by atoms with van der Waals surface area (Å²) in [5.74, 6) is 0.374. The highest BCUT2D eigenvalue weighted by Gasteiger charge is 2.37. The molecule has 0 atom stereocenters. The first-order valence-corrected chi connectivity index (χ1v) is 15.7. The number of fused-ring (bicyclic) bond motifs is 3. The second kappa shape index (κ2) is 10.0. The summed E-state index contributed by atoms with van der Waals surface area (Å²) in [6, 6.07) is 10.3. The molecule has 0 fully saturated rings. The van der Waals surface area contributed by atoms with Crippen LogP contribution in [0.15, 0.2) is 68.4 Å². The molecular formula is C24H12Br3Cl3N3O4P. The van der Waals surface area contributed by atoms with Crippen molar-refractivity contribution < 1.29 is 18.1 Å². The van der Waals surface area contributed by atoms with E-state index in [2.05, 4.69) is 62.7 Å². The molecule has 0 saturated carbocycles. The lowest BCUT2D eigenvalue weighted by Crippen LogP contribution is -2.09. The van der Waals surface area contributed by atoms with Gasteiger partial charge in [0.2, 0.25) is 0 Å². The average Bonchev–Trinajstić information content (AvgIpc) is 3.65. The van der Waals surface area contributed by atoms with Gasteiger partial charge in [0.1, 0.15) is 0 Å². The number of hydrogen-bond acceptors (Lipinski definition) is 4. The van der Waals surface area contributed by atoms with Gasteiger partial charge in [0.05, 0.1) is 45.0 Å². The molecule has 0 amide bonds. The molecule has 38 heavy (non-hydrogen) atoms. The predicted molar refractivity (Wildman–Crippen MR) is 163 cm³/mol. The van der Waals surface area contributed by atoms with Crippen molar-refractivity contribution in [2.24, 2.45) is 0 Å². The molecule has 0 bridgehead atoms. The predicted octanol–water partition coefficient (Wildman–Crippen LogP) is 11.0. The molecule has 0 radical (unpaired) electrons. The summed E-state index contributed by atoms with van der Waals surface area (Å²) in [5, 5.41) is 3.33. The van der Waals surface area contributed by atoms with E-state index in [4.69, 9.17) is 48.4 Å². The van der Waals surface area contributed by atoms with Crippen molar-refractivity contribution in [3.05, 3.63) is 83.5 Å². The van der Waals surface area contributed by atoms with Crippen molar-refractivity contribution >= 4 is 123 Å². The largest absolute Gasteiger partial charge is 0.647 e. The molecule has 14 heteroatoms. The Morgan fingerprint density at radius 1 is 0.579 bits per heavy atom. The first kappa shape index (κ1) is 26.4. The number of aromatic nitrogens is 3. The lowest BCUT2D eigenvalue weighted by Gasteiger charge is -2.22. The molecule has 0 aliphatic carbocycles. The van der Waals surface area contributed by atoms with Crippen LogP contribution in [0.5, 0.6) is 17.2 Å². The van der Waals surface area contributed by atoms with Crippen molar-refractivity contribution in [1.82, 2.24) is 15.0 Å².